The number of hydrogen-bond donors (Lipinski definition) is 4. The first-order chi connectivity index (χ1) is 18.5. The zero-order chi connectivity index (χ0) is 28.7. The Labute approximate surface area is 228 Å². The summed E-state index contributed by atoms with van der Waals surface area (Å²) in [5, 5.41) is 5.92. The average Bonchev–Trinajstić information content (AvgIpc) is 3.20. The van der Waals surface area contributed by atoms with E-state index in [4.69, 9.17) is 9.57 Å². The lowest BCUT2D eigenvalue weighted by molar-refractivity contribution is -0.203. The summed E-state index contributed by atoms with van der Waals surface area (Å²) in [5.74, 6) is -4.37. The number of hydrogen-bond acceptors (Lipinski definition) is 7. The first-order valence-corrected chi connectivity index (χ1v) is 13.4. The fourth-order valence-electron chi connectivity index (χ4n) is 4.69. The van der Waals surface area contributed by atoms with Gasteiger partial charge in [-0.3, -0.25) is 24.6 Å². The summed E-state index contributed by atoms with van der Waals surface area (Å²) in [7, 11) is 0. The molecule has 1 aromatic carbocycles. The second-order valence-electron chi connectivity index (χ2n) is 10.8. The number of nitrogens with zero attached hydrogens (tertiary/aromatic N) is 1. The van der Waals surface area contributed by atoms with Crippen LogP contribution in [0.3, 0.4) is 0 Å². The highest BCUT2D eigenvalue weighted by Crippen LogP contribution is 2.29. The lowest BCUT2D eigenvalue weighted by atomic mass is 9.77. The van der Waals surface area contributed by atoms with E-state index in [1.807, 2.05) is 13.8 Å². The third kappa shape index (κ3) is 7.12. The van der Waals surface area contributed by atoms with Crippen LogP contribution in [-0.4, -0.2) is 59.1 Å². The Kier molecular flexibility index (Phi) is 10.0. The van der Waals surface area contributed by atoms with E-state index in [-0.39, 0.29) is 23.8 Å². The van der Waals surface area contributed by atoms with Gasteiger partial charge in [-0.2, -0.15) is 5.01 Å². The van der Waals surface area contributed by atoms with Gasteiger partial charge in [0.05, 0.1) is 5.92 Å². The van der Waals surface area contributed by atoms with Crippen molar-refractivity contribution in [3.63, 3.8) is 0 Å². The highest BCUT2D eigenvalue weighted by molar-refractivity contribution is 6.07. The molecule has 39 heavy (non-hydrogen) atoms. The van der Waals surface area contributed by atoms with Crippen LogP contribution in [0.25, 0.3) is 0 Å². The Hall–Kier alpha value is -3.51. The lowest BCUT2D eigenvalue weighted by Gasteiger charge is -2.39. The molecule has 0 aliphatic carbocycles. The van der Waals surface area contributed by atoms with Crippen molar-refractivity contribution < 1.29 is 33.5 Å². The standard InChI is InChI=1S/C27H39N5O7/c1-16(2)15-27(29-23(34)19-11-7-6-8-12-19,18(5)22(33)31-39-20-13-9-10-14-38-20)25(36)30-32-24(35)21(17(3)4)28-26(32)37/h6-8,11-12,16-18,20-21H,9-10,13-15H2,1-5H3,(H,28,37)(H,29,34)(H,30,36)(H,31,33)/t18-,20?,21-,27?/m0/s1. The zero-order valence-electron chi connectivity index (χ0n) is 23.1. The Morgan fingerprint density at radius 1 is 1.10 bits per heavy atom. The molecular weight excluding hydrogens is 506 g/mol. The molecule has 6 amide bonds. The molecule has 214 valence electrons. The molecule has 2 aliphatic heterocycles. The monoisotopic (exact) mass is 545 g/mol. The molecule has 0 bridgehead atoms. The Morgan fingerprint density at radius 3 is 2.36 bits per heavy atom. The van der Waals surface area contributed by atoms with Crippen molar-refractivity contribution in [2.24, 2.45) is 17.8 Å². The number of carbonyl (C=O) groups is 5. The van der Waals surface area contributed by atoms with Crippen LogP contribution in [0.4, 0.5) is 4.79 Å². The number of urea groups is 1. The molecule has 2 fully saturated rings. The maximum Gasteiger partial charge on any atom is 0.344 e. The summed E-state index contributed by atoms with van der Waals surface area (Å²) in [6.45, 7) is 9.18. The molecule has 0 saturated carbocycles. The number of hydrazine groups is 1. The highest BCUT2D eigenvalue weighted by atomic mass is 16.8. The largest absolute Gasteiger partial charge is 0.350 e. The predicted octanol–water partition coefficient (Wildman–Crippen LogP) is 2.02. The Bertz CT molecular complexity index is 1060. The zero-order valence-corrected chi connectivity index (χ0v) is 23.1. The summed E-state index contributed by atoms with van der Waals surface area (Å²) < 4.78 is 5.50. The Morgan fingerprint density at radius 2 is 1.79 bits per heavy atom. The van der Waals surface area contributed by atoms with Crippen molar-refractivity contribution in [2.75, 3.05) is 6.61 Å². The smallest absolute Gasteiger partial charge is 0.344 e. The Balaban J connectivity index is 1.93. The van der Waals surface area contributed by atoms with Crippen molar-refractivity contribution in [2.45, 2.75) is 78.2 Å². The molecule has 2 saturated heterocycles. The predicted molar refractivity (Wildman–Crippen MR) is 140 cm³/mol. The lowest BCUT2D eigenvalue weighted by Crippen LogP contribution is -2.68. The van der Waals surface area contributed by atoms with Gasteiger partial charge in [-0.25, -0.2) is 15.1 Å². The number of ether oxygens (including phenoxy) is 1. The molecule has 1 aromatic rings. The van der Waals surface area contributed by atoms with Crippen LogP contribution >= 0.6 is 0 Å². The molecule has 12 nitrogen and oxygen atoms in total. The third-order valence-electron chi connectivity index (χ3n) is 6.92. The van der Waals surface area contributed by atoms with Crippen molar-refractivity contribution in [1.29, 1.82) is 0 Å². The molecule has 3 rings (SSSR count). The number of benzene rings is 1. The van der Waals surface area contributed by atoms with Crippen LogP contribution in [0, 0.1) is 17.8 Å². The van der Waals surface area contributed by atoms with E-state index in [2.05, 4.69) is 21.5 Å². The van der Waals surface area contributed by atoms with Crippen molar-refractivity contribution >= 4 is 29.7 Å². The molecule has 2 aliphatic rings. The van der Waals surface area contributed by atoms with Gasteiger partial charge in [-0.05, 0) is 43.2 Å². The van der Waals surface area contributed by atoms with Gasteiger partial charge in [0.1, 0.15) is 11.6 Å². The van der Waals surface area contributed by atoms with E-state index in [1.165, 1.54) is 6.92 Å². The van der Waals surface area contributed by atoms with Gasteiger partial charge in [0.25, 0.3) is 17.7 Å². The SMILES string of the molecule is CC(C)CC(NC(=O)c1ccccc1)(C(=O)NN1C(=O)N[C@@H](C(C)C)C1=O)[C@@H](C)C(=O)NOC1CCCCO1. The topological polar surface area (TPSA) is 155 Å². The van der Waals surface area contributed by atoms with E-state index in [1.54, 1.807) is 44.2 Å². The fraction of sp³-hybridized carbons (Fsp3) is 0.593. The minimum atomic E-state index is -1.86. The minimum Gasteiger partial charge on any atom is -0.350 e. The van der Waals surface area contributed by atoms with Gasteiger partial charge in [0.2, 0.25) is 5.91 Å². The summed E-state index contributed by atoms with van der Waals surface area (Å²) in [5.41, 5.74) is 3.17. The summed E-state index contributed by atoms with van der Waals surface area (Å²) >= 11 is 0. The highest BCUT2D eigenvalue weighted by Gasteiger charge is 2.51. The summed E-state index contributed by atoms with van der Waals surface area (Å²) in [4.78, 5) is 71.6. The molecule has 0 spiro atoms. The van der Waals surface area contributed by atoms with Crippen LogP contribution in [0.15, 0.2) is 30.3 Å². The maximum absolute atomic E-state index is 14.0. The van der Waals surface area contributed by atoms with Crippen molar-refractivity contribution in [3.05, 3.63) is 35.9 Å². The second kappa shape index (κ2) is 13.0. The number of rotatable bonds is 11. The van der Waals surface area contributed by atoms with E-state index in [0.717, 1.165) is 12.8 Å². The van der Waals surface area contributed by atoms with Gasteiger partial charge < -0.3 is 15.4 Å². The van der Waals surface area contributed by atoms with Gasteiger partial charge in [-0.1, -0.05) is 52.8 Å². The molecule has 2 unspecified atom stereocenters. The van der Waals surface area contributed by atoms with E-state index in [9.17, 15) is 24.0 Å². The van der Waals surface area contributed by atoms with Crippen LogP contribution in [0.5, 0.6) is 0 Å². The summed E-state index contributed by atoms with van der Waals surface area (Å²) in [6, 6.07) is 6.63. The molecule has 4 atom stereocenters. The number of nitrogens with one attached hydrogen (secondary N) is 4. The van der Waals surface area contributed by atoms with E-state index >= 15 is 0 Å². The van der Waals surface area contributed by atoms with Crippen LogP contribution in [0.2, 0.25) is 0 Å². The number of hydroxylamine groups is 1. The van der Waals surface area contributed by atoms with Gasteiger partial charge in [-0.15, -0.1) is 0 Å². The summed E-state index contributed by atoms with van der Waals surface area (Å²) in [6.07, 6.45) is 1.77. The van der Waals surface area contributed by atoms with Gasteiger partial charge in [0.15, 0.2) is 6.29 Å². The molecule has 12 heteroatoms. The van der Waals surface area contributed by atoms with Gasteiger partial charge in [0, 0.05) is 18.6 Å². The van der Waals surface area contributed by atoms with Crippen LogP contribution in [0.1, 0.15) is 70.7 Å². The average molecular weight is 546 g/mol. The first kappa shape index (κ1) is 30.0. The molecule has 2 heterocycles. The minimum absolute atomic E-state index is 0.0170. The molecule has 4 N–H and O–H groups in total. The van der Waals surface area contributed by atoms with Crippen LogP contribution < -0.4 is 21.5 Å². The van der Waals surface area contributed by atoms with E-state index < -0.39 is 53.4 Å². The fourth-order valence-corrected chi connectivity index (χ4v) is 4.69. The number of carbonyl (C=O) groups excluding carboxylic acids is 5. The van der Waals surface area contributed by atoms with Crippen molar-refractivity contribution in [3.8, 4) is 0 Å². The number of imide groups is 1. The first-order valence-electron chi connectivity index (χ1n) is 13.4. The van der Waals surface area contributed by atoms with Gasteiger partial charge >= 0.3 is 6.03 Å². The van der Waals surface area contributed by atoms with Crippen molar-refractivity contribution in [1.82, 2.24) is 26.5 Å². The molecular formula is C27H39N5O7. The quantitative estimate of drug-likeness (QED) is 0.245. The third-order valence-corrected chi connectivity index (χ3v) is 6.92. The van der Waals surface area contributed by atoms with Crippen LogP contribution in [-0.2, 0) is 24.0 Å². The maximum atomic E-state index is 14.0. The molecule has 0 radical (unpaired) electrons. The van der Waals surface area contributed by atoms with E-state index in [0.29, 0.717) is 18.0 Å². The second-order valence-corrected chi connectivity index (χ2v) is 10.8. The normalized spacial score (nSPS) is 21.8. The molecule has 0 aromatic heterocycles. The number of amides is 6.